The van der Waals surface area contributed by atoms with Crippen molar-refractivity contribution in [3.05, 3.63) is 82.1 Å². The van der Waals surface area contributed by atoms with Crippen LogP contribution in [0.15, 0.2) is 65.8 Å². The third kappa shape index (κ3) is 3.81. The van der Waals surface area contributed by atoms with Crippen LogP contribution in [0, 0.1) is 0 Å². The van der Waals surface area contributed by atoms with Crippen molar-refractivity contribution < 1.29 is 9.53 Å². The van der Waals surface area contributed by atoms with E-state index in [4.69, 9.17) is 16.3 Å². The van der Waals surface area contributed by atoms with Crippen LogP contribution in [0.5, 0.6) is 5.75 Å². The van der Waals surface area contributed by atoms with Gasteiger partial charge in [0.05, 0.1) is 23.4 Å². The molecule has 3 aromatic heterocycles. The number of hydrogen-bond acceptors (Lipinski definition) is 4. The van der Waals surface area contributed by atoms with Crippen molar-refractivity contribution in [1.82, 2.24) is 24.1 Å². The molecule has 3 heterocycles. The summed E-state index contributed by atoms with van der Waals surface area (Å²) in [7, 11) is 1.51. The molecule has 154 valence electrons. The lowest BCUT2D eigenvalue weighted by Gasteiger charge is -2.13. The summed E-state index contributed by atoms with van der Waals surface area (Å²) in [5.41, 5.74) is 1.46. The molecule has 9 heteroatoms. The van der Waals surface area contributed by atoms with Gasteiger partial charge in [-0.15, -0.1) is 5.10 Å². The van der Waals surface area contributed by atoms with Crippen LogP contribution < -0.4 is 15.7 Å². The molecule has 8 nitrogen and oxygen atoms in total. The van der Waals surface area contributed by atoms with Gasteiger partial charge < -0.3 is 14.6 Å². The van der Waals surface area contributed by atoms with Crippen LogP contribution in [-0.2, 0) is 6.54 Å². The Hall–Kier alpha value is -3.52. The zero-order valence-corrected chi connectivity index (χ0v) is 17.0. The second kappa shape index (κ2) is 8.46. The Morgan fingerprint density at radius 3 is 2.67 bits per heavy atom. The van der Waals surface area contributed by atoms with Crippen molar-refractivity contribution >= 4 is 23.2 Å². The number of carbonyl (C=O) groups is 1. The number of pyridine rings is 1. The van der Waals surface area contributed by atoms with E-state index in [9.17, 15) is 9.59 Å². The average Bonchev–Trinajstić information content (AvgIpc) is 3.40. The molecule has 1 amide bonds. The van der Waals surface area contributed by atoms with Crippen LogP contribution in [0.2, 0.25) is 5.02 Å². The number of ether oxygens (including phenoxy) is 1. The van der Waals surface area contributed by atoms with Crippen LogP contribution in [-0.4, -0.2) is 38.3 Å². The summed E-state index contributed by atoms with van der Waals surface area (Å²) < 4.78 is 10.1. The second-order valence-corrected chi connectivity index (χ2v) is 7.05. The number of aryl methyl sites for hydroxylation is 1. The molecule has 0 radical (unpaired) electrons. The Kier molecular flexibility index (Phi) is 5.58. The minimum atomic E-state index is -0.296. The number of hydrogen-bond donors (Lipinski definition) is 1. The van der Waals surface area contributed by atoms with E-state index in [1.807, 2.05) is 35.2 Å². The van der Waals surface area contributed by atoms with Gasteiger partial charge in [0.1, 0.15) is 5.75 Å². The van der Waals surface area contributed by atoms with E-state index in [0.717, 1.165) is 5.69 Å². The minimum absolute atomic E-state index is 0.203. The first kappa shape index (κ1) is 19.8. The van der Waals surface area contributed by atoms with E-state index in [1.165, 1.54) is 16.2 Å². The molecule has 0 atom stereocenters. The van der Waals surface area contributed by atoms with Gasteiger partial charge in [0.2, 0.25) is 0 Å². The van der Waals surface area contributed by atoms with Gasteiger partial charge in [-0.2, -0.15) is 0 Å². The van der Waals surface area contributed by atoms with Gasteiger partial charge in [-0.05, 0) is 36.8 Å². The van der Waals surface area contributed by atoms with Crippen molar-refractivity contribution in [2.24, 2.45) is 0 Å². The molecule has 0 unspecified atom stereocenters. The summed E-state index contributed by atoms with van der Waals surface area (Å²) in [5.74, 6) is 0.132. The molecule has 0 aliphatic rings. The summed E-state index contributed by atoms with van der Waals surface area (Å²) in [5, 5.41) is 7.56. The van der Waals surface area contributed by atoms with E-state index in [-0.39, 0.29) is 11.6 Å². The standard InChI is InChI=1S/C21H20ClN5O3/c1-30-18-14-17(25-9-4-5-10-25)16(22)13-15(18)20(28)23-8-6-12-27-21(29)26-11-3-2-7-19(26)24-27/h2-5,7,9-11,13-14H,6,8,12H2,1H3,(H,23,28). The van der Waals surface area contributed by atoms with Crippen molar-refractivity contribution in [2.45, 2.75) is 13.0 Å². The molecule has 0 saturated carbocycles. The van der Waals surface area contributed by atoms with E-state index >= 15 is 0 Å². The van der Waals surface area contributed by atoms with Crippen LogP contribution in [0.4, 0.5) is 0 Å². The van der Waals surface area contributed by atoms with Crippen LogP contribution >= 0.6 is 11.6 Å². The lowest BCUT2D eigenvalue weighted by atomic mass is 10.1. The summed E-state index contributed by atoms with van der Waals surface area (Å²) in [6.07, 6.45) is 5.95. The normalized spacial score (nSPS) is 11.0. The highest BCUT2D eigenvalue weighted by atomic mass is 35.5. The molecule has 1 aromatic carbocycles. The molecule has 0 fully saturated rings. The number of fused-ring (bicyclic) bond motifs is 1. The van der Waals surface area contributed by atoms with Gasteiger partial charge in [0.25, 0.3) is 5.91 Å². The van der Waals surface area contributed by atoms with Gasteiger partial charge >= 0.3 is 5.69 Å². The SMILES string of the molecule is COc1cc(-n2cccc2)c(Cl)cc1C(=O)NCCCn1nc2ccccn2c1=O. The summed E-state index contributed by atoms with van der Waals surface area (Å²) in [6.45, 7) is 0.768. The first-order chi connectivity index (χ1) is 14.6. The molecular formula is C21H20ClN5O3. The number of nitrogens with zero attached hydrogens (tertiary/aromatic N) is 4. The largest absolute Gasteiger partial charge is 0.496 e. The monoisotopic (exact) mass is 425 g/mol. The number of benzene rings is 1. The minimum Gasteiger partial charge on any atom is -0.496 e. The van der Waals surface area contributed by atoms with E-state index in [1.54, 1.807) is 30.5 Å². The molecule has 4 rings (SSSR count). The Labute approximate surface area is 177 Å². The number of aromatic nitrogens is 4. The maximum Gasteiger partial charge on any atom is 0.350 e. The van der Waals surface area contributed by atoms with Gasteiger partial charge in [-0.1, -0.05) is 17.7 Å². The lowest BCUT2D eigenvalue weighted by Crippen LogP contribution is -2.28. The Bertz CT molecular complexity index is 1240. The number of methoxy groups -OCH3 is 1. The first-order valence-electron chi connectivity index (χ1n) is 9.42. The Morgan fingerprint density at radius 1 is 1.17 bits per heavy atom. The van der Waals surface area contributed by atoms with Gasteiger partial charge in [-0.25, -0.2) is 9.48 Å². The maximum atomic E-state index is 12.6. The fraction of sp³-hybridized carbons (Fsp3) is 0.190. The number of rotatable bonds is 7. The lowest BCUT2D eigenvalue weighted by molar-refractivity contribution is 0.0949. The van der Waals surface area contributed by atoms with Gasteiger partial charge in [-0.3, -0.25) is 9.20 Å². The Morgan fingerprint density at radius 2 is 1.93 bits per heavy atom. The molecule has 0 aliphatic carbocycles. The second-order valence-electron chi connectivity index (χ2n) is 6.64. The maximum absolute atomic E-state index is 12.6. The topological polar surface area (TPSA) is 82.6 Å². The molecule has 0 bridgehead atoms. The number of halogens is 1. The molecule has 1 N–H and O–H groups in total. The molecule has 0 saturated heterocycles. The van der Waals surface area contributed by atoms with Crippen molar-refractivity contribution in [2.75, 3.05) is 13.7 Å². The highest BCUT2D eigenvalue weighted by Crippen LogP contribution is 2.29. The highest BCUT2D eigenvalue weighted by molar-refractivity contribution is 6.33. The van der Waals surface area contributed by atoms with E-state index < -0.39 is 0 Å². The zero-order chi connectivity index (χ0) is 21.1. The Balaban J connectivity index is 1.42. The van der Waals surface area contributed by atoms with E-state index in [0.29, 0.717) is 41.5 Å². The predicted octanol–water partition coefficient (Wildman–Crippen LogP) is 2.77. The molecular weight excluding hydrogens is 406 g/mol. The molecule has 30 heavy (non-hydrogen) atoms. The van der Waals surface area contributed by atoms with E-state index in [2.05, 4.69) is 10.4 Å². The van der Waals surface area contributed by atoms with Gasteiger partial charge in [0, 0.05) is 37.7 Å². The summed E-state index contributed by atoms with van der Waals surface area (Å²) in [6, 6.07) is 12.5. The quantitative estimate of drug-likeness (QED) is 0.461. The van der Waals surface area contributed by atoms with Gasteiger partial charge in [0.15, 0.2) is 5.65 Å². The molecule has 0 aliphatic heterocycles. The number of amides is 1. The highest BCUT2D eigenvalue weighted by Gasteiger charge is 2.16. The van der Waals surface area contributed by atoms with Crippen LogP contribution in [0.25, 0.3) is 11.3 Å². The fourth-order valence-corrected chi connectivity index (χ4v) is 3.48. The van der Waals surface area contributed by atoms with Crippen LogP contribution in [0.3, 0.4) is 0 Å². The fourth-order valence-electron chi connectivity index (χ4n) is 3.22. The van der Waals surface area contributed by atoms with Crippen molar-refractivity contribution in [3.63, 3.8) is 0 Å². The third-order valence-corrected chi connectivity index (χ3v) is 5.02. The van der Waals surface area contributed by atoms with Crippen molar-refractivity contribution in [1.29, 1.82) is 0 Å². The molecule has 0 spiro atoms. The predicted molar refractivity (Wildman–Crippen MR) is 114 cm³/mol. The number of carbonyl (C=O) groups excluding carboxylic acids is 1. The smallest absolute Gasteiger partial charge is 0.350 e. The average molecular weight is 426 g/mol. The van der Waals surface area contributed by atoms with Crippen molar-refractivity contribution in [3.8, 4) is 11.4 Å². The summed E-state index contributed by atoms with van der Waals surface area (Å²) >= 11 is 6.39. The molecule has 4 aromatic rings. The zero-order valence-electron chi connectivity index (χ0n) is 16.3. The van der Waals surface area contributed by atoms with Crippen LogP contribution in [0.1, 0.15) is 16.8 Å². The number of nitrogens with one attached hydrogen (secondary N) is 1. The third-order valence-electron chi connectivity index (χ3n) is 4.72. The summed E-state index contributed by atoms with van der Waals surface area (Å²) in [4.78, 5) is 24.9. The first-order valence-corrected chi connectivity index (χ1v) is 9.79.